The molecule has 280 valence electrons. The van der Waals surface area contributed by atoms with Gasteiger partial charge < -0.3 is 39.4 Å². The van der Waals surface area contributed by atoms with Crippen molar-refractivity contribution < 1.29 is 39.4 Å². The van der Waals surface area contributed by atoms with Crippen LogP contribution < -0.4 is 18.9 Å². The van der Waals surface area contributed by atoms with E-state index < -0.39 is 0 Å². The lowest BCUT2D eigenvalue weighted by atomic mass is 10.2. The molecule has 1 heterocycles. The van der Waals surface area contributed by atoms with Gasteiger partial charge in [0.05, 0.1) is 22.7 Å². The van der Waals surface area contributed by atoms with E-state index in [1.165, 1.54) is 24.9 Å². The molecule has 1 aliphatic rings. The topological polar surface area (TPSA) is 167 Å². The van der Waals surface area contributed by atoms with Crippen molar-refractivity contribution in [3.63, 3.8) is 0 Å². The molecule has 0 saturated carbocycles. The first-order valence-corrected chi connectivity index (χ1v) is 17.6. The third-order valence-electron chi connectivity index (χ3n) is 8.45. The van der Waals surface area contributed by atoms with Crippen molar-refractivity contribution in [1.29, 1.82) is 0 Å². The molecule has 0 aromatic heterocycles. The third-order valence-corrected chi connectivity index (χ3v) is 8.45. The molecule has 0 unspecified atom stereocenters. The second-order valence-corrected chi connectivity index (χ2v) is 12.2. The highest BCUT2D eigenvalue weighted by Crippen LogP contribution is 2.35. The van der Waals surface area contributed by atoms with Gasteiger partial charge in [0.15, 0.2) is 46.0 Å². The highest BCUT2D eigenvalue weighted by atomic mass is 16.5. The maximum absolute atomic E-state index is 11.0. The third kappa shape index (κ3) is 8.77. The predicted octanol–water partition coefficient (Wildman–Crippen LogP) is 8.74. The Bertz CT molecular complexity index is 2120. The summed E-state index contributed by atoms with van der Waals surface area (Å²) in [7, 11) is 0. The SMILES string of the molecule is Oc1c2cccc1OCCOc1cccc(c1O)C=Nc1ccccc1N=Cc1cccc(c1O)OCCOc1cccc(c1O)C=Nc1ccccc1N=C2. The van der Waals surface area contributed by atoms with Gasteiger partial charge >= 0.3 is 0 Å². The minimum atomic E-state index is -0.106. The first-order valence-electron chi connectivity index (χ1n) is 17.6. The van der Waals surface area contributed by atoms with Gasteiger partial charge in [-0.2, -0.15) is 0 Å². The van der Waals surface area contributed by atoms with Crippen LogP contribution in [0.1, 0.15) is 22.3 Å². The summed E-state index contributed by atoms with van der Waals surface area (Å²) in [5, 5.41) is 43.9. The molecular weight excluding hydrogens is 713 g/mol. The lowest BCUT2D eigenvalue weighted by Crippen LogP contribution is -2.09. The van der Waals surface area contributed by atoms with Crippen LogP contribution >= 0.6 is 0 Å². The standard InChI is InChI=1S/C44H36N4O8/c49-41-29-9-5-17-37(41)53-21-22-55-39-19-7-11-31(43(39)51)27-47-35-15-3-4-16-36(35)48-28-32-12-8-20-40(44(32)52)56-24-23-54-38-18-6-10-30(42(38)50)26-46-34-14-2-1-13-33(34)45-25-29/h1-20,25-28,49-52H,21-24H2. The van der Waals surface area contributed by atoms with E-state index in [1.54, 1.807) is 97.1 Å². The van der Waals surface area contributed by atoms with E-state index in [0.29, 0.717) is 45.0 Å². The molecule has 12 nitrogen and oxygen atoms in total. The Morgan fingerprint density at radius 2 is 0.536 bits per heavy atom. The minimum absolute atomic E-state index is 0.0680. The number of phenols is 4. The molecule has 56 heavy (non-hydrogen) atoms. The first-order chi connectivity index (χ1) is 27.4. The number of phenolic OH excluding ortho intramolecular Hbond substituents is 4. The lowest BCUT2D eigenvalue weighted by molar-refractivity contribution is 0.207. The average molecular weight is 749 g/mol. The number of aliphatic imine (C=N–C) groups is 4. The van der Waals surface area contributed by atoms with Crippen LogP contribution in [-0.2, 0) is 0 Å². The summed E-state index contributed by atoms with van der Waals surface area (Å²) in [5.41, 5.74) is 3.75. The van der Waals surface area contributed by atoms with Crippen LogP contribution in [-0.4, -0.2) is 71.7 Å². The highest BCUT2D eigenvalue weighted by Gasteiger charge is 2.12. The molecule has 0 aliphatic carbocycles. The second kappa shape index (κ2) is 17.5. The molecule has 0 radical (unpaired) electrons. The van der Waals surface area contributed by atoms with Crippen molar-refractivity contribution in [2.45, 2.75) is 0 Å². The summed E-state index contributed by atoms with van der Waals surface area (Å²) in [6, 6.07) is 34.6. The van der Waals surface area contributed by atoms with Crippen LogP contribution in [0.2, 0.25) is 0 Å². The monoisotopic (exact) mass is 748 g/mol. The summed E-state index contributed by atoms with van der Waals surface area (Å²) < 4.78 is 23.3. The Balaban J connectivity index is 1.18. The largest absolute Gasteiger partial charge is 0.504 e. The molecule has 6 aromatic rings. The molecule has 0 fully saturated rings. The normalized spacial score (nSPS) is 13.3. The first kappa shape index (κ1) is 36.7. The Kier molecular flexibility index (Phi) is 11.5. The number of hydrogen-bond acceptors (Lipinski definition) is 12. The molecule has 4 N–H and O–H groups in total. The smallest absolute Gasteiger partial charge is 0.166 e. The zero-order valence-corrected chi connectivity index (χ0v) is 29.9. The fourth-order valence-corrected chi connectivity index (χ4v) is 5.57. The van der Waals surface area contributed by atoms with Gasteiger partial charge in [-0.05, 0) is 72.8 Å². The van der Waals surface area contributed by atoms with Crippen LogP contribution in [0.4, 0.5) is 22.7 Å². The van der Waals surface area contributed by atoms with Crippen LogP contribution in [0.3, 0.4) is 0 Å². The Hall–Kier alpha value is -7.60. The molecule has 8 bridgehead atoms. The van der Waals surface area contributed by atoms with Crippen molar-refractivity contribution in [2.24, 2.45) is 20.0 Å². The van der Waals surface area contributed by atoms with Crippen LogP contribution in [0, 0.1) is 0 Å². The molecule has 7 rings (SSSR count). The zero-order valence-electron chi connectivity index (χ0n) is 29.9. The van der Waals surface area contributed by atoms with Gasteiger partial charge in [0.1, 0.15) is 26.4 Å². The lowest BCUT2D eigenvalue weighted by Gasteiger charge is -2.12. The van der Waals surface area contributed by atoms with E-state index >= 15 is 0 Å². The van der Waals surface area contributed by atoms with Crippen molar-refractivity contribution in [3.8, 4) is 46.0 Å². The molecule has 0 amide bonds. The van der Waals surface area contributed by atoms with Crippen molar-refractivity contribution >= 4 is 47.6 Å². The van der Waals surface area contributed by atoms with E-state index in [2.05, 4.69) is 20.0 Å². The van der Waals surface area contributed by atoms with Crippen LogP contribution in [0.25, 0.3) is 0 Å². The number of hydrogen-bond donors (Lipinski definition) is 4. The average Bonchev–Trinajstić information content (AvgIpc) is 3.21. The summed E-state index contributed by atoms with van der Waals surface area (Å²) in [5.74, 6) is 0.497. The fraction of sp³-hybridized carbons (Fsp3) is 0.0909. The fourth-order valence-electron chi connectivity index (χ4n) is 5.57. The summed E-state index contributed by atoms with van der Waals surface area (Å²) in [6.07, 6.45) is 6.04. The van der Waals surface area contributed by atoms with Crippen molar-refractivity contribution in [2.75, 3.05) is 26.4 Å². The molecule has 0 atom stereocenters. The van der Waals surface area contributed by atoms with E-state index in [4.69, 9.17) is 18.9 Å². The summed E-state index contributed by atoms with van der Waals surface area (Å²) >= 11 is 0. The van der Waals surface area contributed by atoms with E-state index in [1.807, 2.05) is 24.3 Å². The van der Waals surface area contributed by atoms with Crippen LogP contribution in [0.15, 0.2) is 141 Å². The molecule has 0 spiro atoms. The molecule has 12 heteroatoms. The van der Waals surface area contributed by atoms with Gasteiger partial charge in [0.2, 0.25) is 0 Å². The van der Waals surface area contributed by atoms with Gasteiger partial charge in [0, 0.05) is 47.1 Å². The van der Waals surface area contributed by atoms with Gasteiger partial charge in [-0.3, -0.25) is 20.0 Å². The van der Waals surface area contributed by atoms with E-state index in [9.17, 15) is 20.4 Å². The van der Waals surface area contributed by atoms with Gasteiger partial charge in [-0.1, -0.05) is 48.5 Å². The Labute approximate surface area is 322 Å². The van der Waals surface area contributed by atoms with Crippen molar-refractivity contribution in [3.05, 3.63) is 144 Å². The molecular formula is C44H36N4O8. The maximum Gasteiger partial charge on any atom is 0.166 e. The number of para-hydroxylation sites is 8. The minimum Gasteiger partial charge on any atom is -0.504 e. The Morgan fingerprint density at radius 3 is 0.768 bits per heavy atom. The van der Waals surface area contributed by atoms with E-state index in [0.717, 1.165) is 0 Å². The van der Waals surface area contributed by atoms with Gasteiger partial charge in [0.25, 0.3) is 0 Å². The van der Waals surface area contributed by atoms with Crippen LogP contribution in [0.5, 0.6) is 46.0 Å². The predicted molar refractivity (Wildman–Crippen MR) is 216 cm³/mol. The number of rotatable bonds is 0. The number of ether oxygens (including phenoxy) is 4. The summed E-state index contributed by atoms with van der Waals surface area (Å²) in [4.78, 5) is 18.3. The zero-order chi connectivity index (χ0) is 38.7. The maximum atomic E-state index is 11.0. The molecule has 0 saturated heterocycles. The molecule has 1 aliphatic heterocycles. The number of benzene rings is 6. The number of nitrogens with zero attached hydrogens (tertiary/aromatic N) is 4. The second-order valence-electron chi connectivity index (χ2n) is 12.2. The molecule has 6 aromatic carbocycles. The Morgan fingerprint density at radius 1 is 0.304 bits per heavy atom. The van der Waals surface area contributed by atoms with Gasteiger partial charge in [-0.25, -0.2) is 0 Å². The van der Waals surface area contributed by atoms with Gasteiger partial charge in [-0.15, -0.1) is 0 Å². The quantitative estimate of drug-likeness (QED) is 0.120. The number of aromatic hydroxyl groups is 4. The van der Waals surface area contributed by atoms with Crippen molar-refractivity contribution in [1.82, 2.24) is 0 Å². The van der Waals surface area contributed by atoms with E-state index in [-0.39, 0.29) is 72.4 Å². The highest BCUT2D eigenvalue weighted by molar-refractivity contribution is 5.92. The summed E-state index contributed by atoms with van der Waals surface area (Å²) in [6.45, 7) is 0.272. The number of fused-ring (bicyclic) bond motifs is 10.